The van der Waals surface area contributed by atoms with Crippen molar-refractivity contribution in [3.8, 4) is 0 Å². The van der Waals surface area contributed by atoms with Crippen molar-refractivity contribution >= 4 is 16.9 Å². The van der Waals surface area contributed by atoms with E-state index in [1.54, 1.807) is 0 Å². The Morgan fingerprint density at radius 1 is 1.20 bits per heavy atom. The van der Waals surface area contributed by atoms with E-state index in [0.29, 0.717) is 6.54 Å². The number of fused-ring (bicyclic) bond motifs is 1. The molecule has 102 valence electrons. The summed E-state index contributed by atoms with van der Waals surface area (Å²) in [6, 6.07) is 10.0. The van der Waals surface area contributed by atoms with Gasteiger partial charge >= 0.3 is 0 Å². The van der Waals surface area contributed by atoms with Crippen molar-refractivity contribution in [2.45, 2.75) is 20.4 Å². The zero-order chi connectivity index (χ0) is 13.9. The summed E-state index contributed by atoms with van der Waals surface area (Å²) in [4.78, 5) is 13.4. The highest BCUT2D eigenvalue weighted by molar-refractivity contribution is 5.74. The van der Waals surface area contributed by atoms with Gasteiger partial charge in [-0.2, -0.15) is 0 Å². The highest BCUT2D eigenvalue weighted by Gasteiger charge is 2.06. The number of hydrogen-bond acceptors (Lipinski definition) is 4. The average molecular weight is 267 g/mol. The number of aryl methyl sites for hydroxylation is 1. The van der Waals surface area contributed by atoms with Gasteiger partial charge in [0.25, 0.3) is 0 Å². The van der Waals surface area contributed by atoms with Crippen molar-refractivity contribution < 1.29 is 0 Å². The normalized spacial score (nSPS) is 10.9. The molecule has 0 bridgehead atoms. The van der Waals surface area contributed by atoms with Gasteiger partial charge in [0.15, 0.2) is 5.82 Å². The Morgan fingerprint density at radius 2 is 2.05 bits per heavy atom. The van der Waals surface area contributed by atoms with Crippen LogP contribution in [0.25, 0.3) is 11.0 Å². The number of imidazole rings is 1. The summed E-state index contributed by atoms with van der Waals surface area (Å²) in [6.45, 7) is 5.52. The third-order valence-corrected chi connectivity index (χ3v) is 3.10. The van der Waals surface area contributed by atoms with Gasteiger partial charge in [-0.25, -0.2) is 15.0 Å². The lowest BCUT2D eigenvalue weighted by Crippen LogP contribution is -2.08. The molecule has 5 nitrogen and oxygen atoms in total. The topological polar surface area (TPSA) is 55.6 Å². The van der Waals surface area contributed by atoms with Crippen LogP contribution in [0.1, 0.15) is 18.4 Å². The maximum Gasteiger partial charge on any atom is 0.150 e. The Labute approximate surface area is 117 Å². The van der Waals surface area contributed by atoms with Crippen molar-refractivity contribution in [2.75, 3.05) is 11.9 Å². The quantitative estimate of drug-likeness (QED) is 0.789. The highest BCUT2D eigenvalue weighted by Crippen LogP contribution is 2.14. The van der Waals surface area contributed by atoms with Gasteiger partial charge in [0, 0.05) is 18.3 Å². The van der Waals surface area contributed by atoms with Crippen molar-refractivity contribution in [1.29, 1.82) is 0 Å². The van der Waals surface area contributed by atoms with Crippen LogP contribution < -0.4 is 5.32 Å². The van der Waals surface area contributed by atoms with E-state index in [2.05, 4.69) is 37.8 Å². The minimum absolute atomic E-state index is 0.626. The smallest absolute Gasteiger partial charge is 0.150 e. The summed E-state index contributed by atoms with van der Waals surface area (Å²) in [5.41, 5.74) is 3.06. The zero-order valence-corrected chi connectivity index (χ0v) is 11.7. The predicted octanol–water partition coefficient (Wildman–Crippen LogP) is 2.61. The molecule has 0 spiro atoms. The molecule has 0 fully saturated rings. The Bertz CT molecular complexity index is 732. The maximum atomic E-state index is 4.53. The number of nitrogens with zero attached hydrogens (tertiary/aromatic N) is 4. The van der Waals surface area contributed by atoms with Crippen LogP contribution in [-0.2, 0) is 6.54 Å². The fourth-order valence-corrected chi connectivity index (χ4v) is 2.26. The Morgan fingerprint density at radius 3 is 2.90 bits per heavy atom. The number of para-hydroxylation sites is 2. The summed E-state index contributed by atoms with van der Waals surface area (Å²) < 4.78 is 2.07. The first-order valence-corrected chi connectivity index (χ1v) is 6.74. The van der Waals surface area contributed by atoms with E-state index in [1.807, 2.05) is 37.5 Å². The second-order valence-corrected chi connectivity index (χ2v) is 4.70. The molecule has 0 saturated carbocycles. The van der Waals surface area contributed by atoms with Gasteiger partial charge in [-0.05, 0) is 26.0 Å². The van der Waals surface area contributed by atoms with Crippen molar-refractivity contribution in [2.24, 2.45) is 0 Å². The second-order valence-electron chi connectivity index (χ2n) is 4.70. The summed E-state index contributed by atoms with van der Waals surface area (Å²) in [5, 5.41) is 3.23. The molecule has 1 aromatic carbocycles. The number of nitrogens with one attached hydrogen (secondary N) is 1. The van der Waals surface area contributed by atoms with Gasteiger partial charge in [0.2, 0.25) is 0 Å². The molecule has 3 rings (SSSR count). The summed E-state index contributed by atoms with van der Waals surface area (Å²) in [5.74, 6) is 1.67. The van der Waals surface area contributed by atoms with E-state index in [-0.39, 0.29) is 0 Å². The van der Waals surface area contributed by atoms with Crippen molar-refractivity contribution in [3.63, 3.8) is 0 Å². The van der Waals surface area contributed by atoms with Crippen LogP contribution in [0.4, 0.5) is 5.82 Å². The molecule has 3 aromatic rings. The lowest BCUT2D eigenvalue weighted by Gasteiger charge is -2.08. The van der Waals surface area contributed by atoms with Crippen LogP contribution in [-0.4, -0.2) is 26.1 Å². The molecule has 2 heterocycles. The minimum Gasteiger partial charge on any atom is -0.370 e. The fourth-order valence-electron chi connectivity index (χ4n) is 2.26. The minimum atomic E-state index is 0.626. The molecule has 0 aliphatic carbocycles. The van der Waals surface area contributed by atoms with Crippen LogP contribution in [0, 0.1) is 6.92 Å². The molecule has 0 radical (unpaired) electrons. The van der Waals surface area contributed by atoms with Crippen LogP contribution in [0.15, 0.2) is 36.7 Å². The van der Waals surface area contributed by atoms with Crippen LogP contribution in [0.5, 0.6) is 0 Å². The molecule has 1 N–H and O–H groups in total. The first-order chi connectivity index (χ1) is 9.76. The molecular weight excluding hydrogens is 250 g/mol. The SMILES string of the molecule is CCNc1cc(C)nc(Cn2cnc3ccccc32)n1. The standard InChI is InChI=1S/C15H17N5/c1-3-16-14-8-11(2)18-15(19-14)9-20-10-17-12-6-4-5-7-13(12)20/h4-8,10H,3,9H2,1-2H3,(H,16,18,19). The van der Waals surface area contributed by atoms with Crippen LogP contribution in [0.3, 0.4) is 0 Å². The van der Waals surface area contributed by atoms with Crippen molar-refractivity contribution in [1.82, 2.24) is 19.5 Å². The monoisotopic (exact) mass is 267 g/mol. The number of hydrogen-bond donors (Lipinski definition) is 1. The predicted molar refractivity (Wildman–Crippen MR) is 79.8 cm³/mol. The highest BCUT2D eigenvalue weighted by atomic mass is 15.1. The summed E-state index contributed by atoms with van der Waals surface area (Å²) in [7, 11) is 0. The lowest BCUT2D eigenvalue weighted by atomic mass is 10.3. The van der Waals surface area contributed by atoms with E-state index < -0.39 is 0 Å². The molecular formula is C15H17N5. The zero-order valence-electron chi connectivity index (χ0n) is 11.7. The second kappa shape index (κ2) is 5.28. The fraction of sp³-hybridized carbons (Fsp3) is 0.267. The van der Waals surface area contributed by atoms with E-state index in [4.69, 9.17) is 0 Å². The molecule has 0 aliphatic rings. The third kappa shape index (κ3) is 2.47. The molecule has 2 aromatic heterocycles. The summed E-state index contributed by atoms with van der Waals surface area (Å²) >= 11 is 0. The molecule has 0 aliphatic heterocycles. The van der Waals surface area contributed by atoms with E-state index in [9.17, 15) is 0 Å². The van der Waals surface area contributed by atoms with Gasteiger partial charge in [-0.3, -0.25) is 0 Å². The molecule has 20 heavy (non-hydrogen) atoms. The van der Waals surface area contributed by atoms with Gasteiger partial charge in [0.1, 0.15) is 5.82 Å². The molecule has 0 unspecified atom stereocenters. The Kier molecular flexibility index (Phi) is 3.33. The first kappa shape index (κ1) is 12.6. The molecule has 0 amide bonds. The number of rotatable bonds is 4. The Balaban J connectivity index is 1.94. The molecule has 0 saturated heterocycles. The largest absolute Gasteiger partial charge is 0.370 e. The van der Waals surface area contributed by atoms with E-state index >= 15 is 0 Å². The van der Waals surface area contributed by atoms with Crippen LogP contribution >= 0.6 is 0 Å². The van der Waals surface area contributed by atoms with Gasteiger partial charge < -0.3 is 9.88 Å². The lowest BCUT2D eigenvalue weighted by molar-refractivity contribution is 0.758. The van der Waals surface area contributed by atoms with Crippen LogP contribution in [0.2, 0.25) is 0 Å². The Hall–Kier alpha value is -2.43. The van der Waals surface area contributed by atoms with E-state index in [1.165, 1.54) is 0 Å². The number of aromatic nitrogens is 4. The summed E-state index contributed by atoms with van der Waals surface area (Å²) in [6.07, 6.45) is 1.84. The van der Waals surface area contributed by atoms with Gasteiger partial charge in [0.05, 0.1) is 23.9 Å². The van der Waals surface area contributed by atoms with E-state index in [0.717, 1.165) is 34.9 Å². The van der Waals surface area contributed by atoms with Gasteiger partial charge in [-0.1, -0.05) is 12.1 Å². The average Bonchev–Trinajstić information content (AvgIpc) is 2.82. The molecule has 5 heteroatoms. The number of anilines is 1. The first-order valence-electron chi connectivity index (χ1n) is 6.74. The molecule has 0 atom stereocenters. The van der Waals surface area contributed by atoms with Crippen molar-refractivity contribution in [3.05, 3.63) is 48.2 Å². The maximum absolute atomic E-state index is 4.53. The number of benzene rings is 1. The van der Waals surface area contributed by atoms with Gasteiger partial charge in [-0.15, -0.1) is 0 Å². The third-order valence-electron chi connectivity index (χ3n) is 3.10.